The Morgan fingerprint density at radius 2 is 1.93 bits per heavy atom. The monoisotopic (exact) mass is 192 g/mol. The smallest absolute Gasteiger partial charge is 0.153 e. The van der Waals surface area contributed by atoms with Gasteiger partial charge in [0, 0.05) is 0 Å². The first-order valence-corrected chi connectivity index (χ1v) is 5.02. The molecule has 0 aliphatic rings. The second kappa shape index (κ2) is 5.43. The molecule has 0 radical (unpaired) electrons. The van der Waals surface area contributed by atoms with E-state index in [2.05, 4.69) is 13.8 Å². The van der Waals surface area contributed by atoms with Crippen molar-refractivity contribution in [1.82, 2.24) is 0 Å². The Labute approximate surface area is 84.9 Å². The summed E-state index contributed by atoms with van der Waals surface area (Å²) in [7, 11) is 0. The zero-order valence-electron chi connectivity index (χ0n) is 8.69. The first kappa shape index (κ1) is 10.8. The summed E-state index contributed by atoms with van der Waals surface area (Å²) in [5.41, 5.74) is 0.624. The Morgan fingerprint density at radius 1 is 1.29 bits per heavy atom. The molecule has 1 aromatic rings. The van der Waals surface area contributed by atoms with E-state index in [4.69, 9.17) is 4.74 Å². The van der Waals surface area contributed by atoms with Crippen molar-refractivity contribution in [1.29, 1.82) is 0 Å². The molecular formula is C12H16O2. The van der Waals surface area contributed by atoms with Gasteiger partial charge in [0.1, 0.15) is 5.75 Å². The summed E-state index contributed by atoms with van der Waals surface area (Å²) >= 11 is 0. The van der Waals surface area contributed by atoms with Crippen molar-refractivity contribution in [3.8, 4) is 5.75 Å². The molecule has 0 saturated carbocycles. The van der Waals surface area contributed by atoms with Gasteiger partial charge in [-0.2, -0.15) is 0 Å². The SMILES string of the molecule is CCC(CC)Oc1ccccc1C=O. The highest BCUT2D eigenvalue weighted by atomic mass is 16.5. The van der Waals surface area contributed by atoms with Crippen molar-refractivity contribution in [2.45, 2.75) is 32.8 Å². The summed E-state index contributed by atoms with van der Waals surface area (Å²) in [5.74, 6) is 0.691. The number of hydrogen-bond acceptors (Lipinski definition) is 2. The highest BCUT2D eigenvalue weighted by Crippen LogP contribution is 2.19. The van der Waals surface area contributed by atoms with Gasteiger partial charge in [-0.3, -0.25) is 4.79 Å². The lowest BCUT2D eigenvalue weighted by Crippen LogP contribution is -2.14. The Hall–Kier alpha value is -1.31. The molecule has 0 aliphatic heterocycles. The van der Waals surface area contributed by atoms with Crippen LogP contribution >= 0.6 is 0 Å². The molecule has 1 rings (SSSR count). The summed E-state index contributed by atoms with van der Waals surface area (Å²) in [4.78, 5) is 10.7. The minimum Gasteiger partial charge on any atom is -0.490 e. The van der Waals surface area contributed by atoms with E-state index in [-0.39, 0.29) is 6.10 Å². The van der Waals surface area contributed by atoms with Crippen LogP contribution in [0.25, 0.3) is 0 Å². The van der Waals surface area contributed by atoms with E-state index in [1.165, 1.54) is 0 Å². The predicted molar refractivity (Wildman–Crippen MR) is 56.8 cm³/mol. The normalized spacial score (nSPS) is 10.2. The number of ether oxygens (including phenoxy) is 1. The average molecular weight is 192 g/mol. The second-order valence-corrected chi connectivity index (χ2v) is 3.21. The van der Waals surface area contributed by atoms with E-state index in [0.29, 0.717) is 11.3 Å². The van der Waals surface area contributed by atoms with Gasteiger partial charge in [-0.05, 0) is 25.0 Å². The van der Waals surface area contributed by atoms with E-state index >= 15 is 0 Å². The van der Waals surface area contributed by atoms with E-state index in [9.17, 15) is 4.79 Å². The van der Waals surface area contributed by atoms with Gasteiger partial charge in [-0.25, -0.2) is 0 Å². The minimum atomic E-state index is 0.205. The molecule has 0 bridgehead atoms. The number of carbonyl (C=O) groups is 1. The third-order valence-corrected chi connectivity index (χ3v) is 2.25. The van der Waals surface area contributed by atoms with Crippen molar-refractivity contribution in [2.24, 2.45) is 0 Å². The molecule has 1 aromatic carbocycles. The van der Waals surface area contributed by atoms with Crippen LogP contribution in [0.3, 0.4) is 0 Å². The lowest BCUT2D eigenvalue weighted by molar-refractivity contribution is 0.111. The molecule has 0 N–H and O–H groups in total. The van der Waals surface area contributed by atoms with E-state index < -0.39 is 0 Å². The first-order chi connectivity index (χ1) is 6.81. The maximum Gasteiger partial charge on any atom is 0.153 e. The number of carbonyl (C=O) groups excluding carboxylic acids is 1. The highest BCUT2D eigenvalue weighted by molar-refractivity contribution is 5.79. The lowest BCUT2D eigenvalue weighted by atomic mass is 10.2. The highest BCUT2D eigenvalue weighted by Gasteiger charge is 2.07. The molecule has 0 aliphatic carbocycles. The summed E-state index contributed by atoms with van der Waals surface area (Å²) < 4.78 is 5.70. The van der Waals surface area contributed by atoms with Gasteiger partial charge < -0.3 is 4.74 Å². The summed E-state index contributed by atoms with van der Waals surface area (Å²) in [6.07, 6.45) is 2.96. The molecular weight excluding hydrogens is 176 g/mol. The number of hydrogen-bond donors (Lipinski definition) is 0. The van der Waals surface area contributed by atoms with Crippen LogP contribution in [0, 0.1) is 0 Å². The zero-order valence-corrected chi connectivity index (χ0v) is 8.69. The summed E-state index contributed by atoms with van der Waals surface area (Å²) in [6.45, 7) is 4.16. The summed E-state index contributed by atoms with van der Waals surface area (Å²) in [5, 5.41) is 0. The minimum absolute atomic E-state index is 0.205. The van der Waals surface area contributed by atoms with E-state index in [1.807, 2.05) is 18.2 Å². The zero-order chi connectivity index (χ0) is 10.4. The van der Waals surface area contributed by atoms with Crippen LogP contribution < -0.4 is 4.74 Å². The third-order valence-electron chi connectivity index (χ3n) is 2.25. The van der Waals surface area contributed by atoms with Gasteiger partial charge in [-0.1, -0.05) is 26.0 Å². The van der Waals surface area contributed by atoms with Crippen LogP contribution in [0.2, 0.25) is 0 Å². The van der Waals surface area contributed by atoms with Crippen molar-refractivity contribution >= 4 is 6.29 Å². The number of para-hydroxylation sites is 1. The van der Waals surface area contributed by atoms with Crippen molar-refractivity contribution in [3.05, 3.63) is 29.8 Å². The quantitative estimate of drug-likeness (QED) is 0.670. The largest absolute Gasteiger partial charge is 0.490 e. The maximum absolute atomic E-state index is 10.7. The Bertz CT molecular complexity index is 290. The van der Waals surface area contributed by atoms with Crippen molar-refractivity contribution < 1.29 is 9.53 Å². The molecule has 0 fully saturated rings. The maximum atomic E-state index is 10.7. The predicted octanol–water partition coefficient (Wildman–Crippen LogP) is 3.07. The van der Waals surface area contributed by atoms with Crippen LogP contribution in [0.15, 0.2) is 24.3 Å². The van der Waals surface area contributed by atoms with Crippen LogP contribution in [0.5, 0.6) is 5.75 Å². The molecule has 0 spiro atoms. The number of aldehydes is 1. The Balaban J connectivity index is 2.79. The molecule has 0 atom stereocenters. The number of rotatable bonds is 5. The summed E-state index contributed by atoms with van der Waals surface area (Å²) in [6, 6.07) is 7.32. The molecule has 0 heterocycles. The van der Waals surface area contributed by atoms with Crippen LogP contribution in [-0.2, 0) is 0 Å². The molecule has 0 saturated heterocycles. The van der Waals surface area contributed by atoms with Gasteiger partial charge in [0.15, 0.2) is 6.29 Å². The van der Waals surface area contributed by atoms with Crippen molar-refractivity contribution in [2.75, 3.05) is 0 Å². The van der Waals surface area contributed by atoms with Gasteiger partial charge >= 0.3 is 0 Å². The van der Waals surface area contributed by atoms with Crippen LogP contribution in [0.1, 0.15) is 37.0 Å². The molecule has 2 nitrogen and oxygen atoms in total. The molecule has 2 heteroatoms. The standard InChI is InChI=1S/C12H16O2/c1-3-11(4-2)14-12-8-6-5-7-10(12)9-13/h5-9,11H,3-4H2,1-2H3. The molecule has 76 valence electrons. The third kappa shape index (κ3) is 2.59. The topological polar surface area (TPSA) is 26.3 Å². The van der Waals surface area contributed by atoms with E-state index in [1.54, 1.807) is 6.07 Å². The van der Waals surface area contributed by atoms with Gasteiger partial charge in [0.2, 0.25) is 0 Å². The Morgan fingerprint density at radius 3 is 2.50 bits per heavy atom. The molecule has 14 heavy (non-hydrogen) atoms. The second-order valence-electron chi connectivity index (χ2n) is 3.21. The molecule has 0 aromatic heterocycles. The van der Waals surface area contributed by atoms with Gasteiger partial charge in [0.25, 0.3) is 0 Å². The van der Waals surface area contributed by atoms with Gasteiger partial charge in [-0.15, -0.1) is 0 Å². The average Bonchev–Trinajstić information content (AvgIpc) is 2.26. The fraction of sp³-hybridized carbons (Fsp3) is 0.417. The van der Waals surface area contributed by atoms with Crippen LogP contribution in [0.4, 0.5) is 0 Å². The first-order valence-electron chi connectivity index (χ1n) is 5.02. The fourth-order valence-electron chi connectivity index (χ4n) is 1.32. The Kier molecular flexibility index (Phi) is 4.17. The van der Waals surface area contributed by atoms with Crippen molar-refractivity contribution in [3.63, 3.8) is 0 Å². The molecule has 0 unspecified atom stereocenters. The van der Waals surface area contributed by atoms with Crippen LogP contribution in [-0.4, -0.2) is 12.4 Å². The van der Waals surface area contributed by atoms with E-state index in [0.717, 1.165) is 19.1 Å². The fourth-order valence-corrected chi connectivity index (χ4v) is 1.32. The lowest BCUT2D eigenvalue weighted by Gasteiger charge is -2.16. The molecule has 0 amide bonds. The number of benzene rings is 1. The van der Waals surface area contributed by atoms with Gasteiger partial charge in [0.05, 0.1) is 11.7 Å².